The third-order valence-electron chi connectivity index (χ3n) is 5.19. The Balaban J connectivity index is 1.80. The molecule has 1 aliphatic rings. The van der Waals surface area contributed by atoms with Crippen LogP contribution in [-0.2, 0) is 23.4 Å². The van der Waals surface area contributed by atoms with Gasteiger partial charge >= 0.3 is 19.4 Å². The zero-order valence-corrected chi connectivity index (χ0v) is 20.9. The summed E-state index contributed by atoms with van der Waals surface area (Å²) < 4.78 is 36.3. The highest BCUT2D eigenvalue weighted by Crippen LogP contribution is 2.48. The van der Waals surface area contributed by atoms with Crippen LogP contribution in [0.1, 0.15) is 27.0 Å². The molecule has 3 rings (SSSR count). The number of nitrogens with zero attached hydrogens (tertiary/aromatic N) is 1. The van der Waals surface area contributed by atoms with E-state index in [0.29, 0.717) is 0 Å². The first-order chi connectivity index (χ1) is 16.5. The number of H-pyrrole nitrogens is 1. The molecule has 2 heterocycles. The summed E-state index contributed by atoms with van der Waals surface area (Å²) in [4.78, 5) is 36.3. The SMILES string of the molecule is CCOC(=O)[C@H](C)NP(=O)(OC[C@H]1O[C@@H](n2ccc(=O)[nH]c2=O)[C@](C)(Cl)[C@@H]1O)Oc1ccccc1. The monoisotopic (exact) mass is 531 g/mol. The van der Waals surface area contributed by atoms with Crippen molar-refractivity contribution in [2.45, 2.75) is 50.1 Å². The summed E-state index contributed by atoms with van der Waals surface area (Å²) in [7, 11) is -4.20. The third kappa shape index (κ3) is 6.40. The minimum absolute atomic E-state index is 0.122. The molecule has 1 aromatic heterocycles. The lowest BCUT2D eigenvalue weighted by molar-refractivity contribution is -0.144. The standard InChI is InChI=1S/C21H27ClN3O9P/c1-4-31-18(28)13(2)24-35(30,34-14-8-6-5-7-9-14)32-12-15-17(27)21(3,22)19(33-15)25-11-10-16(26)23-20(25)29/h5-11,13,15,17,19,27H,4,12H2,1-3H3,(H,24,30)(H,23,26,29)/t13-,15+,17+,19+,21+,35?/m0/s1. The summed E-state index contributed by atoms with van der Waals surface area (Å²) in [6.45, 7) is 4.15. The number of hydrogen-bond donors (Lipinski definition) is 3. The predicted octanol–water partition coefficient (Wildman–Crippen LogP) is 1.54. The molecule has 192 valence electrons. The second-order valence-corrected chi connectivity index (χ2v) is 10.4. The number of aliphatic hydroxyl groups excluding tert-OH is 1. The van der Waals surface area contributed by atoms with E-state index < -0.39 is 60.9 Å². The molecule has 3 N–H and O–H groups in total. The number of hydrogen-bond acceptors (Lipinski definition) is 9. The molecule has 1 fully saturated rings. The number of carbonyl (C=O) groups excluding carboxylic acids is 1. The summed E-state index contributed by atoms with van der Waals surface area (Å²) >= 11 is 6.51. The van der Waals surface area contributed by atoms with Crippen LogP contribution in [0.15, 0.2) is 52.2 Å². The molecular weight excluding hydrogens is 505 g/mol. The van der Waals surface area contributed by atoms with Gasteiger partial charge in [-0.2, -0.15) is 5.09 Å². The van der Waals surface area contributed by atoms with Gasteiger partial charge in [-0.3, -0.25) is 23.7 Å². The van der Waals surface area contributed by atoms with Gasteiger partial charge in [0.1, 0.15) is 28.9 Å². The van der Waals surface area contributed by atoms with Crippen LogP contribution in [0.3, 0.4) is 0 Å². The first-order valence-electron chi connectivity index (χ1n) is 10.7. The van der Waals surface area contributed by atoms with Crippen LogP contribution in [0, 0.1) is 0 Å². The topological polar surface area (TPSA) is 158 Å². The zero-order chi connectivity index (χ0) is 25.8. The maximum atomic E-state index is 13.5. The fourth-order valence-corrected chi connectivity index (χ4v) is 5.20. The number of aliphatic hydroxyl groups is 1. The van der Waals surface area contributed by atoms with Crippen molar-refractivity contribution in [3.8, 4) is 5.75 Å². The number of nitrogens with one attached hydrogen (secondary N) is 2. The Morgan fingerprint density at radius 2 is 2.03 bits per heavy atom. The molecule has 0 radical (unpaired) electrons. The largest absolute Gasteiger partial charge is 0.465 e. The highest BCUT2D eigenvalue weighted by atomic mass is 35.5. The van der Waals surface area contributed by atoms with Gasteiger partial charge in [0.25, 0.3) is 5.56 Å². The first kappa shape index (κ1) is 27.1. The summed E-state index contributed by atoms with van der Waals surface area (Å²) in [5, 5.41) is 13.3. The molecule has 0 saturated carbocycles. The molecule has 1 saturated heterocycles. The molecule has 1 aliphatic heterocycles. The minimum atomic E-state index is -4.20. The number of halogens is 1. The van der Waals surface area contributed by atoms with Crippen LogP contribution in [-0.4, -0.2) is 57.0 Å². The Morgan fingerprint density at radius 3 is 2.66 bits per heavy atom. The number of aromatic nitrogens is 2. The maximum Gasteiger partial charge on any atom is 0.459 e. The van der Waals surface area contributed by atoms with E-state index in [4.69, 9.17) is 30.1 Å². The lowest BCUT2D eigenvalue weighted by atomic mass is 10.0. The Kier molecular flexibility index (Phi) is 8.58. The molecular formula is C21H27ClN3O9P. The van der Waals surface area contributed by atoms with E-state index >= 15 is 0 Å². The van der Waals surface area contributed by atoms with Crippen molar-refractivity contribution >= 4 is 25.3 Å². The highest BCUT2D eigenvalue weighted by Gasteiger charge is 2.54. The number of para-hydroxylation sites is 1. The second-order valence-electron chi connectivity index (χ2n) is 7.94. The van der Waals surface area contributed by atoms with Gasteiger partial charge < -0.3 is 19.1 Å². The van der Waals surface area contributed by atoms with Gasteiger partial charge in [0.15, 0.2) is 6.23 Å². The number of alkyl halides is 1. The summed E-state index contributed by atoms with van der Waals surface area (Å²) in [6.07, 6.45) is -2.51. The number of benzene rings is 1. The molecule has 14 heteroatoms. The first-order valence-corrected chi connectivity index (χ1v) is 12.7. The van der Waals surface area contributed by atoms with Gasteiger partial charge in [0.05, 0.1) is 13.2 Å². The van der Waals surface area contributed by atoms with Crippen LogP contribution in [0.25, 0.3) is 0 Å². The van der Waals surface area contributed by atoms with Crippen molar-refractivity contribution in [3.63, 3.8) is 0 Å². The van der Waals surface area contributed by atoms with E-state index in [2.05, 4.69) is 10.1 Å². The van der Waals surface area contributed by atoms with Crippen molar-refractivity contribution in [2.24, 2.45) is 0 Å². The molecule has 0 amide bonds. The second kappa shape index (κ2) is 11.1. The normalized spacial score (nSPS) is 26.6. The average molecular weight is 532 g/mol. The number of carbonyl (C=O) groups is 1. The van der Waals surface area contributed by atoms with E-state index in [1.54, 1.807) is 37.3 Å². The van der Waals surface area contributed by atoms with E-state index in [-0.39, 0.29) is 12.4 Å². The highest BCUT2D eigenvalue weighted by molar-refractivity contribution is 7.52. The maximum absolute atomic E-state index is 13.5. The molecule has 0 aliphatic carbocycles. The number of ether oxygens (including phenoxy) is 2. The van der Waals surface area contributed by atoms with Gasteiger partial charge in [0.2, 0.25) is 0 Å². The summed E-state index contributed by atoms with van der Waals surface area (Å²) in [6, 6.07) is 8.19. The zero-order valence-electron chi connectivity index (χ0n) is 19.3. The van der Waals surface area contributed by atoms with Gasteiger partial charge in [-0.25, -0.2) is 9.36 Å². The molecule has 2 aromatic rings. The van der Waals surface area contributed by atoms with Gasteiger partial charge in [-0.15, -0.1) is 11.6 Å². The number of rotatable bonds is 10. The van der Waals surface area contributed by atoms with Crippen LogP contribution < -0.4 is 20.9 Å². The molecule has 0 spiro atoms. The lowest BCUT2D eigenvalue weighted by Crippen LogP contribution is -2.43. The van der Waals surface area contributed by atoms with Gasteiger partial charge in [0, 0.05) is 12.3 Å². The van der Waals surface area contributed by atoms with Crippen LogP contribution >= 0.6 is 19.3 Å². The Bertz CT molecular complexity index is 1190. The fraction of sp³-hybridized carbons (Fsp3) is 0.476. The smallest absolute Gasteiger partial charge is 0.459 e. The van der Waals surface area contributed by atoms with Crippen molar-refractivity contribution in [2.75, 3.05) is 13.2 Å². The van der Waals surface area contributed by atoms with E-state index in [1.807, 2.05) is 0 Å². The van der Waals surface area contributed by atoms with E-state index in [1.165, 1.54) is 20.0 Å². The Hall–Kier alpha value is -2.47. The van der Waals surface area contributed by atoms with Crippen LogP contribution in [0.2, 0.25) is 0 Å². The molecule has 1 aromatic carbocycles. The molecule has 0 bridgehead atoms. The van der Waals surface area contributed by atoms with Gasteiger partial charge in [-0.1, -0.05) is 18.2 Å². The third-order valence-corrected chi connectivity index (χ3v) is 7.24. The number of esters is 1. The van der Waals surface area contributed by atoms with E-state index in [0.717, 1.165) is 10.6 Å². The van der Waals surface area contributed by atoms with E-state index in [9.17, 15) is 24.1 Å². The van der Waals surface area contributed by atoms with Crippen molar-refractivity contribution in [1.29, 1.82) is 0 Å². The Labute approximate surface area is 205 Å². The molecule has 6 atom stereocenters. The summed E-state index contributed by atoms with van der Waals surface area (Å²) in [5.41, 5.74) is -1.40. The van der Waals surface area contributed by atoms with Crippen molar-refractivity contribution < 1.29 is 33.0 Å². The molecule has 35 heavy (non-hydrogen) atoms. The van der Waals surface area contributed by atoms with Crippen molar-refractivity contribution in [1.82, 2.24) is 14.6 Å². The fourth-order valence-electron chi connectivity index (χ4n) is 3.40. The van der Waals surface area contributed by atoms with Crippen LogP contribution in [0.4, 0.5) is 0 Å². The van der Waals surface area contributed by atoms with Crippen LogP contribution in [0.5, 0.6) is 5.75 Å². The van der Waals surface area contributed by atoms with Crippen molar-refractivity contribution in [3.05, 3.63) is 63.4 Å². The lowest BCUT2D eigenvalue weighted by Gasteiger charge is -2.26. The Morgan fingerprint density at radius 1 is 1.34 bits per heavy atom. The number of aromatic amines is 1. The average Bonchev–Trinajstić information content (AvgIpc) is 3.02. The summed E-state index contributed by atoms with van der Waals surface area (Å²) in [5.74, 6) is -0.469. The molecule has 1 unspecified atom stereocenters. The quantitative estimate of drug-likeness (QED) is 0.233. The molecule has 12 nitrogen and oxygen atoms in total. The predicted molar refractivity (Wildman–Crippen MR) is 125 cm³/mol. The minimum Gasteiger partial charge on any atom is -0.465 e. The van der Waals surface area contributed by atoms with Gasteiger partial charge in [-0.05, 0) is 32.9 Å².